The van der Waals surface area contributed by atoms with Crippen LogP contribution in [0, 0.1) is 11.6 Å². The second-order valence-electron chi connectivity index (χ2n) is 4.39. The zero-order valence-corrected chi connectivity index (χ0v) is 12.0. The normalized spacial score (nSPS) is 13.3. The lowest BCUT2D eigenvalue weighted by Gasteiger charge is -2.15. The van der Waals surface area contributed by atoms with E-state index in [4.69, 9.17) is 5.73 Å². The van der Waals surface area contributed by atoms with Crippen molar-refractivity contribution in [3.05, 3.63) is 69.2 Å². The monoisotopic (exact) mass is 365 g/mol. The molecule has 2 rings (SSSR count). The third-order valence-corrected chi connectivity index (χ3v) is 3.57. The number of benzene rings is 2. The Morgan fingerprint density at radius 3 is 2.00 bits per heavy atom. The molecule has 2 aromatic rings. The molecule has 1 nitrogen and oxygen atoms in total. The molecule has 0 saturated carbocycles. The van der Waals surface area contributed by atoms with Crippen molar-refractivity contribution in [3.63, 3.8) is 0 Å². The number of hydrogen-bond acceptors (Lipinski definition) is 1. The van der Waals surface area contributed by atoms with E-state index in [9.17, 15) is 22.0 Å². The highest BCUT2D eigenvalue weighted by Gasteiger charge is 2.34. The molecule has 0 aliphatic heterocycles. The second-order valence-corrected chi connectivity index (χ2v) is 5.24. The third-order valence-electron chi connectivity index (χ3n) is 2.96. The molecule has 0 amide bonds. The van der Waals surface area contributed by atoms with Crippen LogP contribution in [0.4, 0.5) is 22.0 Å². The van der Waals surface area contributed by atoms with Gasteiger partial charge in [0.05, 0.1) is 16.1 Å². The highest BCUT2D eigenvalue weighted by molar-refractivity contribution is 9.10. The van der Waals surface area contributed by atoms with E-state index >= 15 is 0 Å². The van der Waals surface area contributed by atoms with Gasteiger partial charge in [-0.1, -0.05) is 12.1 Å². The summed E-state index contributed by atoms with van der Waals surface area (Å²) in [7, 11) is 0. The number of halogens is 6. The molecule has 0 aliphatic carbocycles. The van der Waals surface area contributed by atoms with Gasteiger partial charge in [0.15, 0.2) is 0 Å². The smallest absolute Gasteiger partial charge is 0.320 e. The summed E-state index contributed by atoms with van der Waals surface area (Å²) >= 11 is 2.99. The lowest BCUT2D eigenvalue weighted by molar-refractivity contribution is -0.140. The van der Waals surface area contributed by atoms with E-state index in [-0.39, 0.29) is 10.0 Å². The first kappa shape index (κ1) is 15.9. The van der Waals surface area contributed by atoms with Crippen LogP contribution >= 0.6 is 15.9 Å². The SMILES string of the molecule is NC(c1ccc(C(F)(F)F)c(F)c1)c1ccc(F)c(Br)c1. The van der Waals surface area contributed by atoms with Crippen molar-refractivity contribution in [1.82, 2.24) is 0 Å². The van der Waals surface area contributed by atoms with Crippen LogP contribution in [0.25, 0.3) is 0 Å². The molecule has 1 atom stereocenters. The number of nitrogens with two attached hydrogens (primary N) is 1. The fraction of sp³-hybridized carbons (Fsp3) is 0.143. The topological polar surface area (TPSA) is 26.0 Å². The summed E-state index contributed by atoms with van der Waals surface area (Å²) in [5.41, 5.74) is 5.14. The van der Waals surface area contributed by atoms with E-state index in [1.807, 2.05) is 0 Å². The molecule has 7 heteroatoms. The molecule has 0 aliphatic rings. The molecule has 2 aromatic carbocycles. The van der Waals surface area contributed by atoms with Crippen LogP contribution in [0.1, 0.15) is 22.7 Å². The average Bonchev–Trinajstić information content (AvgIpc) is 2.39. The highest BCUT2D eigenvalue weighted by Crippen LogP contribution is 2.33. The van der Waals surface area contributed by atoms with Crippen molar-refractivity contribution < 1.29 is 22.0 Å². The van der Waals surface area contributed by atoms with Crippen LogP contribution in [0.3, 0.4) is 0 Å². The van der Waals surface area contributed by atoms with Gasteiger partial charge in [0.1, 0.15) is 11.6 Å². The minimum absolute atomic E-state index is 0.166. The molecule has 2 N–H and O–H groups in total. The van der Waals surface area contributed by atoms with Crippen molar-refractivity contribution in [2.45, 2.75) is 12.2 Å². The van der Waals surface area contributed by atoms with Crippen LogP contribution < -0.4 is 5.73 Å². The van der Waals surface area contributed by atoms with Crippen molar-refractivity contribution in [1.29, 1.82) is 0 Å². The molecule has 0 heterocycles. The Morgan fingerprint density at radius 2 is 1.48 bits per heavy atom. The second kappa shape index (κ2) is 5.73. The van der Waals surface area contributed by atoms with Gasteiger partial charge in [0, 0.05) is 0 Å². The van der Waals surface area contributed by atoms with Gasteiger partial charge in [-0.3, -0.25) is 0 Å². The maximum absolute atomic E-state index is 13.5. The zero-order valence-electron chi connectivity index (χ0n) is 10.4. The van der Waals surface area contributed by atoms with Gasteiger partial charge in [-0.25, -0.2) is 8.78 Å². The third kappa shape index (κ3) is 3.41. The Morgan fingerprint density at radius 1 is 0.905 bits per heavy atom. The van der Waals surface area contributed by atoms with Gasteiger partial charge >= 0.3 is 6.18 Å². The van der Waals surface area contributed by atoms with Crippen molar-refractivity contribution >= 4 is 15.9 Å². The lowest BCUT2D eigenvalue weighted by atomic mass is 9.98. The molecule has 21 heavy (non-hydrogen) atoms. The minimum Gasteiger partial charge on any atom is -0.320 e. The predicted octanol–water partition coefficient (Wildman–Crippen LogP) is 4.79. The largest absolute Gasteiger partial charge is 0.419 e. The predicted molar refractivity (Wildman–Crippen MR) is 71.5 cm³/mol. The van der Waals surface area contributed by atoms with Gasteiger partial charge in [-0.15, -0.1) is 0 Å². The molecule has 112 valence electrons. The van der Waals surface area contributed by atoms with E-state index in [1.165, 1.54) is 18.2 Å². The fourth-order valence-electron chi connectivity index (χ4n) is 1.85. The van der Waals surface area contributed by atoms with Gasteiger partial charge in [-0.2, -0.15) is 13.2 Å². The zero-order chi connectivity index (χ0) is 15.8. The van der Waals surface area contributed by atoms with Gasteiger partial charge in [0.2, 0.25) is 0 Å². The number of rotatable bonds is 2. The van der Waals surface area contributed by atoms with Crippen LogP contribution in [0.2, 0.25) is 0 Å². The van der Waals surface area contributed by atoms with Crippen LogP contribution in [-0.4, -0.2) is 0 Å². The minimum atomic E-state index is -4.76. The van der Waals surface area contributed by atoms with Crippen LogP contribution in [0.15, 0.2) is 40.9 Å². The standard InChI is InChI=1S/C14H9BrF5N/c15-10-5-7(2-4-11(10)16)13(21)8-1-3-9(12(17)6-8)14(18,19)20/h1-6,13H,21H2. The Hall–Kier alpha value is -1.47. The Bertz CT molecular complexity index is 669. The fourth-order valence-corrected chi connectivity index (χ4v) is 2.25. The molecular weight excluding hydrogens is 357 g/mol. The van der Waals surface area contributed by atoms with Crippen molar-refractivity contribution in [2.75, 3.05) is 0 Å². The van der Waals surface area contributed by atoms with Crippen molar-refractivity contribution in [3.8, 4) is 0 Å². The van der Waals surface area contributed by atoms with E-state index in [2.05, 4.69) is 15.9 Å². The van der Waals surface area contributed by atoms with E-state index in [0.29, 0.717) is 11.6 Å². The molecule has 0 spiro atoms. The first-order valence-electron chi connectivity index (χ1n) is 5.77. The van der Waals surface area contributed by atoms with E-state index in [1.54, 1.807) is 0 Å². The maximum Gasteiger partial charge on any atom is 0.419 e. The van der Waals surface area contributed by atoms with E-state index < -0.39 is 29.4 Å². The van der Waals surface area contributed by atoms with E-state index in [0.717, 1.165) is 12.1 Å². The first-order valence-corrected chi connectivity index (χ1v) is 6.56. The molecule has 0 bridgehead atoms. The Kier molecular flexibility index (Phi) is 4.34. The molecule has 0 radical (unpaired) electrons. The summed E-state index contributed by atoms with van der Waals surface area (Å²) in [5.74, 6) is -1.89. The summed E-state index contributed by atoms with van der Waals surface area (Å²) in [6.07, 6.45) is -4.76. The van der Waals surface area contributed by atoms with Crippen molar-refractivity contribution in [2.24, 2.45) is 5.73 Å². The summed E-state index contributed by atoms with van der Waals surface area (Å²) in [4.78, 5) is 0. The molecule has 0 saturated heterocycles. The van der Waals surface area contributed by atoms with Crippen LogP contribution in [0.5, 0.6) is 0 Å². The summed E-state index contributed by atoms with van der Waals surface area (Å²) < 4.78 is 64.3. The molecule has 0 fully saturated rings. The first-order chi connectivity index (χ1) is 9.70. The number of alkyl halides is 3. The quantitative estimate of drug-likeness (QED) is 0.760. The summed E-state index contributed by atoms with van der Waals surface area (Å²) in [6.45, 7) is 0. The van der Waals surface area contributed by atoms with Gasteiger partial charge in [-0.05, 0) is 51.3 Å². The average molecular weight is 366 g/mol. The molecule has 0 aromatic heterocycles. The van der Waals surface area contributed by atoms with Gasteiger partial charge in [0.25, 0.3) is 0 Å². The number of hydrogen-bond donors (Lipinski definition) is 1. The van der Waals surface area contributed by atoms with Crippen LogP contribution in [-0.2, 0) is 6.18 Å². The molecule has 1 unspecified atom stereocenters. The molecular formula is C14H9BrF5N. The maximum atomic E-state index is 13.5. The highest BCUT2D eigenvalue weighted by atomic mass is 79.9. The van der Waals surface area contributed by atoms with Gasteiger partial charge < -0.3 is 5.73 Å². The Labute approximate surface area is 125 Å². The lowest BCUT2D eigenvalue weighted by Crippen LogP contribution is -2.14. The summed E-state index contributed by atoms with van der Waals surface area (Å²) in [6, 6.07) is 5.58. The Balaban J connectivity index is 2.38. The summed E-state index contributed by atoms with van der Waals surface area (Å²) in [5, 5.41) is 0.